The fourth-order valence-electron chi connectivity index (χ4n) is 8.21. The highest BCUT2D eigenvalue weighted by atomic mass is 16.5. The number of fused-ring (bicyclic) bond motifs is 1. The number of aliphatic hydroxyl groups excluding tert-OH is 1. The first-order valence-electron chi connectivity index (χ1n) is 19.6. The van der Waals surface area contributed by atoms with Crippen LogP contribution < -0.4 is 14.5 Å². The van der Waals surface area contributed by atoms with Crippen LogP contribution in [0.3, 0.4) is 0 Å². The zero-order valence-corrected chi connectivity index (χ0v) is 32.2. The Morgan fingerprint density at radius 1 is 0.702 bits per heavy atom. The number of aliphatic hydroxyl groups is 1. The van der Waals surface area contributed by atoms with Crippen LogP contribution in [0.25, 0.3) is 11.1 Å². The Morgan fingerprint density at radius 3 is 1.98 bits per heavy atom. The molecule has 1 aliphatic heterocycles. The molecule has 0 spiro atoms. The van der Waals surface area contributed by atoms with Crippen molar-refractivity contribution >= 4 is 33.9 Å². The minimum atomic E-state index is -0.126. The lowest BCUT2D eigenvalue weighted by Crippen LogP contribution is -2.31. The van der Waals surface area contributed by atoms with Crippen LogP contribution in [0.5, 0.6) is 5.75 Å². The van der Waals surface area contributed by atoms with E-state index in [1.165, 1.54) is 5.56 Å². The number of ether oxygens (including phenoxy) is 1. The van der Waals surface area contributed by atoms with Gasteiger partial charge in [0.1, 0.15) is 5.76 Å². The summed E-state index contributed by atoms with van der Waals surface area (Å²) < 4.78 is 6.30. The van der Waals surface area contributed by atoms with E-state index in [-0.39, 0.29) is 5.41 Å². The van der Waals surface area contributed by atoms with Crippen LogP contribution in [-0.4, -0.2) is 5.11 Å². The van der Waals surface area contributed by atoms with Crippen molar-refractivity contribution in [1.82, 2.24) is 0 Å². The lowest BCUT2D eigenvalue weighted by molar-refractivity contribution is 0.407. The van der Waals surface area contributed by atoms with Crippen molar-refractivity contribution in [2.45, 2.75) is 57.3 Å². The molecule has 1 atom stereocenters. The number of rotatable bonds is 8. The molecule has 280 valence electrons. The summed E-state index contributed by atoms with van der Waals surface area (Å²) in [7, 11) is 0. The van der Waals surface area contributed by atoms with E-state index in [2.05, 4.69) is 102 Å². The SMILES string of the molecule is C=C1CC/C=C\Oc2c1cccc2N(c1ccc(C#N)cc1)c1ccc(C2(C)CC=C(N(C3=CCCC(c4ccccc4)=C3O)c3ccc(C#N)cc3)CC2)cc1. The van der Waals surface area contributed by atoms with Crippen LogP contribution in [0.2, 0.25) is 0 Å². The summed E-state index contributed by atoms with van der Waals surface area (Å²) in [5.74, 6) is 1.05. The summed E-state index contributed by atoms with van der Waals surface area (Å²) in [6, 6.07) is 44.9. The maximum absolute atomic E-state index is 11.8. The van der Waals surface area contributed by atoms with Crippen molar-refractivity contribution in [2.24, 2.45) is 0 Å². The van der Waals surface area contributed by atoms with Crippen molar-refractivity contribution in [2.75, 3.05) is 9.80 Å². The lowest BCUT2D eigenvalue weighted by Gasteiger charge is -2.39. The molecule has 0 amide bonds. The standard InChI is InChI=1S/C51H44N4O2/c1-36-10-6-7-33-57-50-45(36)13-8-16-48(50)55(42-25-19-38(35-53)20-26-42)43-27-21-40(22-28-43)51(2)31-29-44(30-32-51)54(41-23-17-37(34-52)18-24-41)47-15-9-14-46(49(47)56)39-11-4-3-5-12-39/h3-5,7-8,11-13,15-29,33,56H,1,6,9-10,14,30-32H2,2H3/b33-7-. The summed E-state index contributed by atoms with van der Waals surface area (Å²) in [5.41, 5.74) is 11.9. The number of anilines is 4. The maximum Gasteiger partial charge on any atom is 0.157 e. The topological polar surface area (TPSA) is 83.5 Å². The Hall–Kier alpha value is -7.02. The first kappa shape index (κ1) is 36.9. The van der Waals surface area contributed by atoms with Crippen LogP contribution in [0.1, 0.15) is 79.7 Å². The molecule has 0 saturated heterocycles. The van der Waals surface area contributed by atoms with Crippen LogP contribution in [0.15, 0.2) is 170 Å². The molecule has 8 rings (SSSR count). The van der Waals surface area contributed by atoms with E-state index in [0.29, 0.717) is 16.9 Å². The molecule has 1 heterocycles. The zero-order valence-electron chi connectivity index (χ0n) is 32.2. The normalized spacial score (nSPS) is 18.3. The van der Waals surface area contributed by atoms with Gasteiger partial charge in [-0.05, 0) is 140 Å². The molecule has 6 heteroatoms. The van der Waals surface area contributed by atoms with Gasteiger partial charge in [0.15, 0.2) is 5.75 Å². The molecule has 0 fully saturated rings. The first-order valence-corrected chi connectivity index (χ1v) is 19.6. The Labute approximate surface area is 335 Å². The number of hydrogen-bond donors (Lipinski definition) is 1. The van der Waals surface area contributed by atoms with E-state index in [4.69, 9.17) is 4.74 Å². The maximum atomic E-state index is 11.8. The molecule has 6 nitrogen and oxygen atoms in total. The first-order chi connectivity index (χ1) is 27.9. The van der Waals surface area contributed by atoms with E-state index in [1.54, 1.807) is 6.26 Å². The van der Waals surface area contributed by atoms with E-state index in [9.17, 15) is 15.6 Å². The van der Waals surface area contributed by atoms with E-state index < -0.39 is 0 Å². The molecule has 2 aliphatic carbocycles. The fourth-order valence-corrected chi connectivity index (χ4v) is 8.21. The van der Waals surface area contributed by atoms with Gasteiger partial charge in [-0.15, -0.1) is 0 Å². The number of allylic oxidation sites excluding steroid dienone is 6. The summed E-state index contributed by atoms with van der Waals surface area (Å²) in [5, 5.41) is 30.9. The van der Waals surface area contributed by atoms with Crippen LogP contribution in [-0.2, 0) is 5.41 Å². The molecule has 0 bridgehead atoms. The second-order valence-electron chi connectivity index (χ2n) is 15.1. The van der Waals surface area contributed by atoms with Crippen molar-refractivity contribution in [3.8, 4) is 17.9 Å². The molecular formula is C51H44N4O2. The summed E-state index contributed by atoms with van der Waals surface area (Å²) in [4.78, 5) is 4.37. The van der Waals surface area contributed by atoms with Gasteiger partial charge in [0.25, 0.3) is 0 Å². The summed E-state index contributed by atoms with van der Waals surface area (Å²) in [6.45, 7) is 6.71. The van der Waals surface area contributed by atoms with Crippen molar-refractivity contribution < 1.29 is 9.84 Å². The Morgan fingerprint density at radius 2 is 1.35 bits per heavy atom. The quantitative estimate of drug-likeness (QED) is 0.170. The van der Waals surface area contributed by atoms with Gasteiger partial charge in [-0.1, -0.05) is 80.3 Å². The van der Waals surface area contributed by atoms with Crippen LogP contribution in [0, 0.1) is 22.7 Å². The molecule has 5 aromatic rings. The van der Waals surface area contributed by atoms with E-state index >= 15 is 0 Å². The predicted octanol–water partition coefficient (Wildman–Crippen LogP) is 13.1. The summed E-state index contributed by atoms with van der Waals surface area (Å²) in [6.07, 6.45) is 14.1. The molecule has 1 unspecified atom stereocenters. The van der Waals surface area contributed by atoms with Gasteiger partial charge in [0.05, 0.1) is 40.9 Å². The van der Waals surface area contributed by atoms with Gasteiger partial charge in [-0.2, -0.15) is 10.5 Å². The fraction of sp³-hybridized carbons (Fsp3) is 0.176. The molecule has 5 aromatic carbocycles. The second-order valence-corrected chi connectivity index (χ2v) is 15.1. The average Bonchev–Trinajstić information content (AvgIpc) is 3.25. The highest BCUT2D eigenvalue weighted by Gasteiger charge is 2.33. The molecule has 3 aliphatic rings. The van der Waals surface area contributed by atoms with Gasteiger partial charge in [-0.25, -0.2) is 0 Å². The molecule has 0 aromatic heterocycles. The van der Waals surface area contributed by atoms with Crippen LogP contribution >= 0.6 is 0 Å². The molecule has 0 saturated carbocycles. The molecular weight excluding hydrogens is 701 g/mol. The largest absolute Gasteiger partial charge is 0.505 e. The van der Waals surface area contributed by atoms with Crippen molar-refractivity contribution in [1.29, 1.82) is 10.5 Å². The Kier molecular flexibility index (Phi) is 10.4. The number of nitrogens with zero attached hydrogens (tertiary/aromatic N) is 4. The highest BCUT2D eigenvalue weighted by Crippen LogP contribution is 2.47. The van der Waals surface area contributed by atoms with Gasteiger partial charge in [0, 0.05) is 33.9 Å². The Bertz CT molecular complexity index is 2510. The van der Waals surface area contributed by atoms with Gasteiger partial charge in [-0.3, -0.25) is 0 Å². The molecule has 57 heavy (non-hydrogen) atoms. The zero-order chi connectivity index (χ0) is 39.4. The van der Waals surface area contributed by atoms with Gasteiger partial charge in [0.2, 0.25) is 0 Å². The predicted molar refractivity (Wildman–Crippen MR) is 230 cm³/mol. The average molecular weight is 745 g/mol. The smallest absolute Gasteiger partial charge is 0.157 e. The third-order valence-electron chi connectivity index (χ3n) is 11.5. The second kappa shape index (κ2) is 16.0. The summed E-state index contributed by atoms with van der Waals surface area (Å²) >= 11 is 0. The number of nitriles is 2. The van der Waals surface area contributed by atoms with Gasteiger partial charge < -0.3 is 19.6 Å². The minimum absolute atomic E-state index is 0.126. The third kappa shape index (κ3) is 7.39. The van der Waals surface area contributed by atoms with E-state index in [1.807, 2.05) is 72.8 Å². The van der Waals surface area contributed by atoms with E-state index in [0.717, 1.165) is 107 Å². The van der Waals surface area contributed by atoms with Gasteiger partial charge >= 0.3 is 0 Å². The number of benzene rings is 5. The van der Waals surface area contributed by atoms with Crippen LogP contribution in [0.4, 0.5) is 22.7 Å². The monoisotopic (exact) mass is 744 g/mol. The number of para-hydroxylation sites is 1. The van der Waals surface area contributed by atoms with Crippen molar-refractivity contribution in [3.05, 3.63) is 197 Å². The number of hydrogen-bond acceptors (Lipinski definition) is 6. The lowest BCUT2D eigenvalue weighted by atomic mass is 9.72. The van der Waals surface area contributed by atoms with Crippen molar-refractivity contribution in [3.63, 3.8) is 0 Å². The highest BCUT2D eigenvalue weighted by molar-refractivity contribution is 5.85. The third-order valence-corrected chi connectivity index (χ3v) is 11.5. The minimum Gasteiger partial charge on any atom is -0.505 e. The molecule has 1 N–H and O–H groups in total. The molecule has 0 radical (unpaired) electrons. The Balaban J connectivity index is 1.13.